The predicted octanol–water partition coefficient (Wildman–Crippen LogP) is 1.48. The highest BCUT2D eigenvalue weighted by atomic mass is 16.5. The van der Waals surface area contributed by atoms with Crippen molar-refractivity contribution in [2.45, 2.75) is 26.4 Å². The summed E-state index contributed by atoms with van der Waals surface area (Å²) in [5.74, 6) is -2.93. The molecule has 1 aromatic carbocycles. The van der Waals surface area contributed by atoms with E-state index in [0.717, 1.165) is 6.07 Å². The van der Waals surface area contributed by atoms with Crippen LogP contribution in [0.1, 0.15) is 20.3 Å². The van der Waals surface area contributed by atoms with Crippen molar-refractivity contribution in [3.63, 3.8) is 0 Å². The van der Waals surface area contributed by atoms with Crippen LogP contribution in [0.15, 0.2) is 34.8 Å². The molecule has 0 aromatic heterocycles. The summed E-state index contributed by atoms with van der Waals surface area (Å²) in [5.41, 5.74) is -0.855. The van der Waals surface area contributed by atoms with Crippen molar-refractivity contribution in [1.82, 2.24) is 0 Å². The van der Waals surface area contributed by atoms with Crippen molar-refractivity contribution in [3.8, 4) is 11.5 Å². The molecule has 24 heavy (non-hydrogen) atoms. The van der Waals surface area contributed by atoms with E-state index < -0.39 is 29.2 Å². The summed E-state index contributed by atoms with van der Waals surface area (Å²) in [7, 11) is 1.25. The minimum absolute atomic E-state index is 0.127. The van der Waals surface area contributed by atoms with E-state index in [4.69, 9.17) is 14.6 Å². The number of carboxylic acids is 1. The fourth-order valence-electron chi connectivity index (χ4n) is 1.61. The Hall–Kier alpha value is -3.03. The lowest BCUT2D eigenvalue weighted by Gasteiger charge is -2.14. The number of carbonyl (C=O) groups is 2. The Morgan fingerprint density at radius 3 is 2.58 bits per heavy atom. The zero-order chi connectivity index (χ0) is 18.3. The highest BCUT2D eigenvalue weighted by Crippen LogP contribution is 2.24. The molecular weight excluding hydrogens is 318 g/mol. The summed E-state index contributed by atoms with van der Waals surface area (Å²) in [6.45, 7) is 3.48. The number of anilines is 1. The number of esters is 1. The van der Waals surface area contributed by atoms with Crippen LogP contribution in [0.5, 0.6) is 11.5 Å². The van der Waals surface area contributed by atoms with E-state index in [1.165, 1.54) is 19.2 Å². The smallest absolute Gasteiger partial charge is 0.355 e. The highest BCUT2D eigenvalue weighted by Gasteiger charge is 2.16. The minimum Gasteiger partial charge on any atom is -0.502 e. The normalized spacial score (nSPS) is 12.2. The molecule has 1 unspecified atom stereocenters. The maximum atomic E-state index is 12.1. The quantitative estimate of drug-likeness (QED) is 0.505. The average Bonchev–Trinajstić information content (AvgIpc) is 2.66. The lowest BCUT2D eigenvalue weighted by Crippen LogP contribution is -2.20. The topological polar surface area (TPSA) is 122 Å². The molecule has 0 bridgehead atoms. The summed E-state index contributed by atoms with van der Waals surface area (Å²) >= 11 is 0. The Balaban J connectivity index is 3.21. The molecule has 1 atom stereocenters. The van der Waals surface area contributed by atoms with Gasteiger partial charge in [-0.1, -0.05) is 6.92 Å². The van der Waals surface area contributed by atoms with Gasteiger partial charge in [-0.05, 0) is 25.5 Å². The zero-order valence-electron chi connectivity index (χ0n) is 13.5. The molecule has 130 valence electrons. The van der Waals surface area contributed by atoms with Crippen LogP contribution in [0.4, 0.5) is 5.69 Å². The molecule has 0 aliphatic carbocycles. The van der Waals surface area contributed by atoms with Gasteiger partial charge in [0.2, 0.25) is 11.2 Å². The van der Waals surface area contributed by atoms with E-state index in [2.05, 4.69) is 5.32 Å². The fraction of sp³-hybridized carbons (Fsp3) is 0.312. The first-order valence-electron chi connectivity index (χ1n) is 7.12. The van der Waals surface area contributed by atoms with Crippen molar-refractivity contribution in [1.29, 1.82) is 0 Å². The molecule has 0 aliphatic heterocycles. The number of hydrogen-bond acceptors (Lipinski definition) is 7. The van der Waals surface area contributed by atoms with E-state index in [0.29, 0.717) is 12.5 Å². The van der Waals surface area contributed by atoms with Crippen molar-refractivity contribution < 1.29 is 29.3 Å². The summed E-state index contributed by atoms with van der Waals surface area (Å²) in [4.78, 5) is 34.5. The predicted molar refractivity (Wildman–Crippen MR) is 86.1 cm³/mol. The van der Waals surface area contributed by atoms with Gasteiger partial charge in [-0.25, -0.2) is 9.59 Å². The third-order valence-electron chi connectivity index (χ3n) is 3.04. The van der Waals surface area contributed by atoms with Gasteiger partial charge in [-0.2, -0.15) is 0 Å². The van der Waals surface area contributed by atoms with Crippen molar-refractivity contribution in [2.75, 3.05) is 12.4 Å². The van der Waals surface area contributed by atoms with Gasteiger partial charge in [-0.15, -0.1) is 0 Å². The first kappa shape index (κ1) is 19.0. The minimum atomic E-state index is -1.35. The molecular formula is C16H19NO7. The second-order valence-corrected chi connectivity index (χ2v) is 4.86. The maximum Gasteiger partial charge on any atom is 0.355 e. The average molecular weight is 337 g/mol. The Labute approximate surface area is 138 Å². The van der Waals surface area contributed by atoms with Gasteiger partial charge in [0.15, 0.2) is 5.75 Å². The molecule has 0 spiro atoms. The molecule has 1 rings (SSSR count). The van der Waals surface area contributed by atoms with Gasteiger partial charge >= 0.3 is 11.9 Å². The molecule has 8 heteroatoms. The van der Waals surface area contributed by atoms with Crippen molar-refractivity contribution in [3.05, 3.63) is 40.2 Å². The van der Waals surface area contributed by atoms with E-state index in [-0.39, 0.29) is 17.1 Å². The van der Waals surface area contributed by atoms with Gasteiger partial charge in [0, 0.05) is 11.8 Å². The first-order valence-corrected chi connectivity index (χ1v) is 7.12. The highest BCUT2D eigenvalue weighted by molar-refractivity contribution is 5.98. The number of hydrogen-bond donors (Lipinski definition) is 3. The molecule has 0 saturated heterocycles. The van der Waals surface area contributed by atoms with Crippen LogP contribution in [0.3, 0.4) is 0 Å². The zero-order valence-corrected chi connectivity index (χ0v) is 13.5. The molecule has 8 nitrogen and oxygen atoms in total. The number of aromatic hydroxyl groups is 1. The largest absolute Gasteiger partial charge is 0.502 e. The molecule has 0 saturated carbocycles. The van der Waals surface area contributed by atoms with Crippen LogP contribution in [-0.2, 0) is 14.3 Å². The fourth-order valence-corrected chi connectivity index (χ4v) is 1.61. The second kappa shape index (κ2) is 8.56. The lowest BCUT2D eigenvalue weighted by atomic mass is 10.3. The van der Waals surface area contributed by atoms with Gasteiger partial charge in [0.25, 0.3) is 0 Å². The summed E-state index contributed by atoms with van der Waals surface area (Å²) < 4.78 is 9.98. The van der Waals surface area contributed by atoms with Crippen LogP contribution in [0.25, 0.3) is 0 Å². The third kappa shape index (κ3) is 5.31. The van der Waals surface area contributed by atoms with Crippen molar-refractivity contribution >= 4 is 17.6 Å². The Kier molecular flexibility index (Phi) is 6.79. The second-order valence-electron chi connectivity index (χ2n) is 4.86. The van der Waals surface area contributed by atoms with Crippen LogP contribution < -0.4 is 15.5 Å². The summed E-state index contributed by atoms with van der Waals surface area (Å²) in [6.07, 6.45) is 0.825. The van der Waals surface area contributed by atoms with Crippen LogP contribution in [0.2, 0.25) is 0 Å². The van der Waals surface area contributed by atoms with Gasteiger partial charge in [0.1, 0.15) is 5.70 Å². The standard InChI is InChI=1S/C16H19NO7/c1-4-9(2)24-16(22)11(8-14(19)20)17-10-5-6-12(18)15(21)13(7-10)23-3/h5-9,17H,4H2,1-3H3,(H,18,21)(H,19,20). The molecule has 0 aliphatic rings. The Morgan fingerprint density at radius 2 is 2.04 bits per heavy atom. The molecule has 0 fully saturated rings. The monoisotopic (exact) mass is 337 g/mol. The van der Waals surface area contributed by atoms with E-state index in [1.807, 2.05) is 6.92 Å². The molecule has 0 amide bonds. The van der Waals surface area contributed by atoms with E-state index >= 15 is 0 Å². The third-order valence-corrected chi connectivity index (χ3v) is 3.04. The van der Waals surface area contributed by atoms with Gasteiger partial charge in [-0.3, -0.25) is 4.79 Å². The van der Waals surface area contributed by atoms with E-state index in [9.17, 15) is 19.5 Å². The Morgan fingerprint density at radius 1 is 1.38 bits per heavy atom. The number of ether oxygens (including phenoxy) is 2. The molecule has 0 heterocycles. The van der Waals surface area contributed by atoms with Gasteiger partial charge in [0.05, 0.1) is 19.3 Å². The number of aliphatic carboxylic acids is 1. The SMILES string of the molecule is CCC(C)OC(=O)C(=CC(=O)O)Nc1ccc(=O)c(O)c(OC)c1. The number of methoxy groups -OCH3 is 1. The lowest BCUT2D eigenvalue weighted by molar-refractivity contribution is -0.144. The first-order chi connectivity index (χ1) is 11.3. The summed E-state index contributed by atoms with van der Waals surface area (Å²) in [6, 6.07) is 3.58. The molecule has 0 radical (unpaired) electrons. The van der Waals surface area contributed by atoms with Gasteiger partial charge < -0.3 is 25.0 Å². The molecule has 1 aromatic rings. The van der Waals surface area contributed by atoms with Crippen LogP contribution in [-0.4, -0.2) is 35.4 Å². The van der Waals surface area contributed by atoms with Crippen LogP contribution in [0, 0.1) is 0 Å². The van der Waals surface area contributed by atoms with Crippen LogP contribution >= 0.6 is 0 Å². The number of carboxylic acid groups (broad SMARTS) is 1. The number of nitrogens with one attached hydrogen (secondary N) is 1. The van der Waals surface area contributed by atoms with Crippen molar-refractivity contribution in [2.24, 2.45) is 0 Å². The number of rotatable bonds is 7. The molecule has 3 N–H and O–H groups in total. The maximum absolute atomic E-state index is 12.1. The summed E-state index contributed by atoms with van der Waals surface area (Å²) in [5, 5.41) is 21.1. The number of carbonyl (C=O) groups excluding carboxylic acids is 1. The van der Waals surface area contributed by atoms with E-state index in [1.54, 1.807) is 6.92 Å². The Bertz CT molecular complexity index is 712.